The molecule has 3 rings (SSSR count). The zero-order valence-electron chi connectivity index (χ0n) is 13.6. The zero-order chi connectivity index (χ0) is 16.1. The van der Waals surface area contributed by atoms with Crippen LogP contribution < -0.4 is 5.32 Å². The summed E-state index contributed by atoms with van der Waals surface area (Å²) in [5, 5.41) is 3.17. The highest BCUT2D eigenvalue weighted by molar-refractivity contribution is 5.91. The van der Waals surface area contributed by atoms with E-state index in [-0.39, 0.29) is 30.3 Å². The van der Waals surface area contributed by atoms with Gasteiger partial charge < -0.3 is 24.3 Å². The van der Waals surface area contributed by atoms with Gasteiger partial charge in [-0.3, -0.25) is 9.59 Å². The standard InChI is InChI=1S/C16H23N3O4.ClH/c20-15(12-17-11-13-3-1-9-22-13)18-5-7-19(8-6-18)16(21)14-4-2-10-23-14;/h2,4,10,13,17H,1,3,5-9,11-12H2;1H. The van der Waals surface area contributed by atoms with Crippen molar-refractivity contribution in [1.29, 1.82) is 0 Å². The lowest BCUT2D eigenvalue weighted by Crippen LogP contribution is -2.52. The van der Waals surface area contributed by atoms with Crippen molar-refractivity contribution >= 4 is 24.2 Å². The molecule has 0 aliphatic carbocycles. The van der Waals surface area contributed by atoms with Gasteiger partial charge in [-0.25, -0.2) is 0 Å². The van der Waals surface area contributed by atoms with Crippen molar-refractivity contribution in [3.63, 3.8) is 0 Å². The summed E-state index contributed by atoms with van der Waals surface area (Å²) < 4.78 is 10.6. The first-order valence-electron chi connectivity index (χ1n) is 8.17. The number of piperazine rings is 1. The van der Waals surface area contributed by atoms with Crippen LogP contribution in [0.5, 0.6) is 0 Å². The molecule has 2 amide bonds. The number of nitrogens with zero attached hydrogens (tertiary/aromatic N) is 2. The van der Waals surface area contributed by atoms with E-state index in [4.69, 9.17) is 9.15 Å². The molecule has 2 saturated heterocycles. The normalized spacial score (nSPS) is 20.8. The molecule has 1 aromatic rings. The highest BCUT2D eigenvalue weighted by atomic mass is 35.5. The van der Waals surface area contributed by atoms with Crippen molar-refractivity contribution in [1.82, 2.24) is 15.1 Å². The highest BCUT2D eigenvalue weighted by Crippen LogP contribution is 2.11. The van der Waals surface area contributed by atoms with Crippen LogP contribution in [-0.4, -0.2) is 73.6 Å². The molecule has 0 bridgehead atoms. The Labute approximate surface area is 147 Å². The van der Waals surface area contributed by atoms with Crippen molar-refractivity contribution in [3.05, 3.63) is 24.2 Å². The number of hydrogen-bond donors (Lipinski definition) is 1. The average molecular weight is 358 g/mol. The maximum absolute atomic E-state index is 12.2. The third-order valence-corrected chi connectivity index (χ3v) is 4.32. The van der Waals surface area contributed by atoms with Gasteiger partial charge in [0.2, 0.25) is 5.91 Å². The molecular weight excluding hydrogens is 334 g/mol. The molecule has 0 saturated carbocycles. The second-order valence-corrected chi connectivity index (χ2v) is 5.92. The lowest BCUT2D eigenvalue weighted by molar-refractivity contribution is -0.131. The first-order chi connectivity index (χ1) is 11.2. The molecule has 134 valence electrons. The summed E-state index contributed by atoms with van der Waals surface area (Å²) >= 11 is 0. The molecular formula is C16H24ClN3O4. The molecule has 0 radical (unpaired) electrons. The number of amides is 2. The fraction of sp³-hybridized carbons (Fsp3) is 0.625. The van der Waals surface area contributed by atoms with Gasteiger partial charge in [-0.05, 0) is 25.0 Å². The van der Waals surface area contributed by atoms with Crippen molar-refractivity contribution < 1.29 is 18.7 Å². The Balaban J connectivity index is 0.00000208. The molecule has 1 N–H and O–H groups in total. The van der Waals surface area contributed by atoms with Crippen molar-refractivity contribution in [3.8, 4) is 0 Å². The number of carbonyl (C=O) groups excluding carboxylic acids is 2. The minimum atomic E-state index is -0.112. The Hall–Kier alpha value is -1.57. The lowest BCUT2D eigenvalue weighted by Gasteiger charge is -2.34. The molecule has 0 spiro atoms. The predicted molar refractivity (Wildman–Crippen MR) is 90.3 cm³/mol. The molecule has 2 fully saturated rings. The number of nitrogens with one attached hydrogen (secondary N) is 1. The molecule has 2 aliphatic heterocycles. The zero-order valence-corrected chi connectivity index (χ0v) is 14.4. The first kappa shape index (κ1) is 18.8. The van der Waals surface area contributed by atoms with Crippen LogP contribution in [0.3, 0.4) is 0 Å². The van der Waals surface area contributed by atoms with Crippen LogP contribution in [0.1, 0.15) is 23.4 Å². The Bertz CT molecular complexity index is 523. The molecule has 24 heavy (non-hydrogen) atoms. The third-order valence-electron chi connectivity index (χ3n) is 4.32. The van der Waals surface area contributed by atoms with E-state index in [0.717, 1.165) is 26.0 Å². The molecule has 8 heteroatoms. The van der Waals surface area contributed by atoms with Crippen molar-refractivity contribution in [2.75, 3.05) is 45.9 Å². The quantitative estimate of drug-likeness (QED) is 0.842. The highest BCUT2D eigenvalue weighted by Gasteiger charge is 2.26. The summed E-state index contributed by atoms with van der Waals surface area (Å²) in [6.45, 7) is 4.08. The van der Waals surface area contributed by atoms with E-state index in [9.17, 15) is 9.59 Å². The van der Waals surface area contributed by atoms with E-state index in [1.807, 2.05) is 0 Å². The van der Waals surface area contributed by atoms with Crippen LogP contribution in [0.25, 0.3) is 0 Å². The SMILES string of the molecule is Cl.O=C(CNCC1CCCO1)N1CCN(C(=O)c2ccco2)CC1. The number of ether oxygens (including phenoxy) is 1. The summed E-state index contributed by atoms with van der Waals surface area (Å²) in [5.41, 5.74) is 0. The maximum Gasteiger partial charge on any atom is 0.289 e. The fourth-order valence-corrected chi connectivity index (χ4v) is 2.97. The van der Waals surface area contributed by atoms with E-state index in [1.165, 1.54) is 6.26 Å². The van der Waals surface area contributed by atoms with E-state index in [0.29, 0.717) is 38.5 Å². The number of halogens is 1. The van der Waals surface area contributed by atoms with Gasteiger partial charge in [0, 0.05) is 39.3 Å². The van der Waals surface area contributed by atoms with E-state index in [2.05, 4.69) is 5.32 Å². The molecule has 1 unspecified atom stereocenters. The van der Waals surface area contributed by atoms with Gasteiger partial charge in [0.1, 0.15) is 0 Å². The maximum atomic E-state index is 12.2. The van der Waals surface area contributed by atoms with Gasteiger partial charge >= 0.3 is 0 Å². The molecule has 0 aromatic carbocycles. The van der Waals surface area contributed by atoms with E-state index < -0.39 is 0 Å². The summed E-state index contributed by atoms with van der Waals surface area (Å²) in [6.07, 6.45) is 3.90. The number of hydrogen-bond acceptors (Lipinski definition) is 5. The van der Waals surface area contributed by atoms with E-state index in [1.54, 1.807) is 21.9 Å². The van der Waals surface area contributed by atoms with Gasteiger partial charge in [-0.2, -0.15) is 0 Å². The molecule has 7 nitrogen and oxygen atoms in total. The topological polar surface area (TPSA) is 75.0 Å². The van der Waals surface area contributed by atoms with Crippen LogP contribution >= 0.6 is 12.4 Å². The van der Waals surface area contributed by atoms with Crippen LogP contribution in [-0.2, 0) is 9.53 Å². The van der Waals surface area contributed by atoms with Gasteiger partial charge in [0.25, 0.3) is 5.91 Å². The molecule has 1 atom stereocenters. The fourth-order valence-electron chi connectivity index (χ4n) is 2.97. The predicted octanol–water partition coefficient (Wildman–Crippen LogP) is 0.754. The number of carbonyl (C=O) groups is 2. The molecule has 2 aliphatic rings. The average Bonchev–Trinajstić information content (AvgIpc) is 3.28. The summed E-state index contributed by atoms with van der Waals surface area (Å²) in [7, 11) is 0. The summed E-state index contributed by atoms with van der Waals surface area (Å²) in [5.74, 6) is 0.315. The van der Waals surface area contributed by atoms with Crippen molar-refractivity contribution in [2.24, 2.45) is 0 Å². The van der Waals surface area contributed by atoms with Crippen LogP contribution in [0.15, 0.2) is 22.8 Å². The van der Waals surface area contributed by atoms with Gasteiger partial charge in [-0.15, -0.1) is 12.4 Å². The third kappa shape index (κ3) is 4.72. The van der Waals surface area contributed by atoms with Gasteiger partial charge in [-0.1, -0.05) is 0 Å². The van der Waals surface area contributed by atoms with Gasteiger partial charge in [0.05, 0.1) is 18.9 Å². The Kier molecular flexibility index (Phi) is 7.08. The Morgan fingerprint density at radius 2 is 1.96 bits per heavy atom. The van der Waals surface area contributed by atoms with E-state index >= 15 is 0 Å². The van der Waals surface area contributed by atoms with Crippen LogP contribution in [0.4, 0.5) is 0 Å². The number of furan rings is 1. The summed E-state index contributed by atoms with van der Waals surface area (Å²) in [6, 6.07) is 3.36. The molecule has 3 heterocycles. The van der Waals surface area contributed by atoms with Gasteiger partial charge in [0.15, 0.2) is 5.76 Å². The summed E-state index contributed by atoms with van der Waals surface area (Å²) in [4.78, 5) is 27.9. The minimum absolute atomic E-state index is 0. The Morgan fingerprint density at radius 3 is 2.58 bits per heavy atom. The Morgan fingerprint density at radius 1 is 1.21 bits per heavy atom. The molecule has 1 aromatic heterocycles. The largest absolute Gasteiger partial charge is 0.459 e. The second kappa shape index (κ2) is 9.05. The van der Waals surface area contributed by atoms with Crippen LogP contribution in [0.2, 0.25) is 0 Å². The monoisotopic (exact) mass is 357 g/mol. The first-order valence-corrected chi connectivity index (χ1v) is 8.17. The van der Waals surface area contributed by atoms with Crippen molar-refractivity contribution in [2.45, 2.75) is 18.9 Å². The number of rotatable bonds is 5. The van der Waals surface area contributed by atoms with Crippen LogP contribution in [0, 0.1) is 0 Å². The second-order valence-electron chi connectivity index (χ2n) is 5.92. The smallest absolute Gasteiger partial charge is 0.289 e. The minimum Gasteiger partial charge on any atom is -0.459 e. The lowest BCUT2D eigenvalue weighted by atomic mass is 10.2.